The molecule has 1 aliphatic rings. The highest BCUT2D eigenvalue weighted by Gasteiger charge is 2.28. The molecule has 1 aromatic carbocycles. The number of aromatic nitrogens is 1. The van der Waals surface area contributed by atoms with Gasteiger partial charge in [0.25, 0.3) is 5.91 Å². The third kappa shape index (κ3) is 4.81. The Bertz CT molecular complexity index is 793. The molecule has 27 heavy (non-hydrogen) atoms. The maximum atomic E-state index is 12.7. The first kappa shape index (κ1) is 19.3. The van der Waals surface area contributed by atoms with Crippen molar-refractivity contribution in [1.82, 2.24) is 15.2 Å². The van der Waals surface area contributed by atoms with Gasteiger partial charge in [-0.3, -0.25) is 14.7 Å². The number of ether oxygens (including phenoxy) is 1. The summed E-state index contributed by atoms with van der Waals surface area (Å²) in [5.41, 5.74) is 3.26. The first-order valence-electron chi connectivity index (χ1n) is 9.29. The summed E-state index contributed by atoms with van der Waals surface area (Å²) in [6.45, 7) is 11.9. The van der Waals surface area contributed by atoms with Crippen molar-refractivity contribution in [3.63, 3.8) is 0 Å². The van der Waals surface area contributed by atoms with Crippen molar-refractivity contribution in [2.24, 2.45) is 0 Å². The van der Waals surface area contributed by atoms with Gasteiger partial charge in [-0.2, -0.15) is 0 Å². The van der Waals surface area contributed by atoms with Crippen LogP contribution in [0.5, 0.6) is 0 Å². The Labute approximate surface area is 161 Å². The summed E-state index contributed by atoms with van der Waals surface area (Å²) in [6.07, 6.45) is 3.54. The molecule has 1 aromatic heterocycles. The van der Waals surface area contributed by atoms with Crippen molar-refractivity contribution >= 4 is 12.0 Å². The minimum absolute atomic E-state index is 0.0686. The number of nitrogens with zero attached hydrogens (tertiary/aromatic N) is 2. The standard InChI is InChI=1S/C22H27N3O2/c1-4-17-8-9-20(23-15-17)18-6-5-7-19(14-18)21(26)24-16-22(2,3)25-10-12-27-13-11-25/h4-9,14-15H,1,10-13,16H2,2-3H3,(H,24,26). The minimum atomic E-state index is -0.112. The summed E-state index contributed by atoms with van der Waals surface area (Å²) >= 11 is 0. The van der Waals surface area contributed by atoms with Gasteiger partial charge >= 0.3 is 0 Å². The molecule has 0 unspecified atom stereocenters. The normalized spacial score (nSPS) is 15.3. The molecule has 5 nitrogen and oxygen atoms in total. The SMILES string of the molecule is C=Cc1ccc(-c2cccc(C(=O)NCC(C)(C)N3CCOCC3)c2)nc1. The van der Waals surface area contributed by atoms with E-state index in [2.05, 4.69) is 35.6 Å². The van der Waals surface area contributed by atoms with Gasteiger partial charge in [0, 0.05) is 42.5 Å². The zero-order valence-corrected chi connectivity index (χ0v) is 16.1. The maximum Gasteiger partial charge on any atom is 0.251 e. The lowest BCUT2D eigenvalue weighted by Gasteiger charge is -2.40. The van der Waals surface area contributed by atoms with Crippen LogP contribution >= 0.6 is 0 Å². The zero-order valence-electron chi connectivity index (χ0n) is 16.1. The third-order valence-electron chi connectivity index (χ3n) is 4.99. The van der Waals surface area contributed by atoms with Crippen LogP contribution in [0.25, 0.3) is 17.3 Å². The molecule has 0 atom stereocenters. The molecule has 5 heteroatoms. The number of morpholine rings is 1. The van der Waals surface area contributed by atoms with Crippen LogP contribution < -0.4 is 5.32 Å². The fourth-order valence-electron chi connectivity index (χ4n) is 3.20. The summed E-state index contributed by atoms with van der Waals surface area (Å²) in [5.74, 6) is -0.0686. The number of carbonyl (C=O) groups excluding carboxylic acids is 1. The van der Waals surface area contributed by atoms with E-state index in [1.807, 2.05) is 36.4 Å². The van der Waals surface area contributed by atoms with E-state index in [9.17, 15) is 4.79 Å². The second-order valence-electron chi connectivity index (χ2n) is 7.36. The van der Waals surface area contributed by atoms with Gasteiger partial charge in [-0.05, 0) is 37.6 Å². The molecule has 3 rings (SSSR count). The predicted octanol–water partition coefficient (Wildman–Crippen LogP) is 3.23. The predicted molar refractivity (Wildman–Crippen MR) is 109 cm³/mol. The van der Waals surface area contributed by atoms with Crippen molar-refractivity contribution in [3.8, 4) is 11.3 Å². The molecule has 0 saturated carbocycles. The zero-order chi connectivity index (χ0) is 19.3. The number of nitrogens with one attached hydrogen (secondary N) is 1. The van der Waals surface area contributed by atoms with E-state index in [1.165, 1.54) is 0 Å². The van der Waals surface area contributed by atoms with Crippen molar-refractivity contribution in [1.29, 1.82) is 0 Å². The van der Waals surface area contributed by atoms with E-state index in [4.69, 9.17) is 4.74 Å². The number of hydrogen-bond donors (Lipinski definition) is 1. The molecule has 1 saturated heterocycles. The van der Waals surface area contributed by atoms with E-state index in [1.54, 1.807) is 12.3 Å². The molecule has 1 amide bonds. The van der Waals surface area contributed by atoms with Crippen LogP contribution in [0.2, 0.25) is 0 Å². The summed E-state index contributed by atoms with van der Waals surface area (Å²) in [7, 11) is 0. The molecule has 1 fully saturated rings. The lowest BCUT2D eigenvalue weighted by Crippen LogP contribution is -2.55. The fourth-order valence-corrected chi connectivity index (χ4v) is 3.20. The Hall–Kier alpha value is -2.50. The number of carbonyl (C=O) groups is 1. The van der Waals surface area contributed by atoms with E-state index >= 15 is 0 Å². The number of benzene rings is 1. The van der Waals surface area contributed by atoms with E-state index < -0.39 is 0 Å². The molecule has 1 N–H and O–H groups in total. The van der Waals surface area contributed by atoms with Crippen molar-refractivity contribution in [2.75, 3.05) is 32.8 Å². The fraction of sp³-hybridized carbons (Fsp3) is 0.364. The van der Waals surface area contributed by atoms with Crippen LogP contribution in [0.1, 0.15) is 29.8 Å². The van der Waals surface area contributed by atoms with Crippen molar-refractivity contribution in [3.05, 3.63) is 60.3 Å². The highest BCUT2D eigenvalue weighted by atomic mass is 16.5. The van der Waals surface area contributed by atoms with Crippen LogP contribution in [-0.2, 0) is 4.74 Å². The van der Waals surface area contributed by atoms with Crippen LogP contribution in [0.3, 0.4) is 0 Å². The first-order valence-corrected chi connectivity index (χ1v) is 9.29. The van der Waals surface area contributed by atoms with Gasteiger partial charge < -0.3 is 10.1 Å². The van der Waals surface area contributed by atoms with Gasteiger partial charge in [-0.15, -0.1) is 0 Å². The molecule has 0 bridgehead atoms. The molecule has 2 aromatic rings. The highest BCUT2D eigenvalue weighted by Crippen LogP contribution is 2.19. The average molecular weight is 365 g/mol. The van der Waals surface area contributed by atoms with Gasteiger partial charge in [-0.25, -0.2) is 0 Å². The topological polar surface area (TPSA) is 54.5 Å². The molecular weight excluding hydrogens is 338 g/mol. The summed E-state index contributed by atoms with van der Waals surface area (Å²) in [4.78, 5) is 19.5. The lowest BCUT2D eigenvalue weighted by atomic mass is 10.0. The van der Waals surface area contributed by atoms with Gasteiger partial charge in [0.2, 0.25) is 0 Å². The van der Waals surface area contributed by atoms with Crippen LogP contribution in [0, 0.1) is 0 Å². The van der Waals surface area contributed by atoms with Gasteiger partial charge in [0.15, 0.2) is 0 Å². The van der Waals surface area contributed by atoms with Crippen molar-refractivity contribution in [2.45, 2.75) is 19.4 Å². The third-order valence-corrected chi connectivity index (χ3v) is 4.99. The Morgan fingerprint density at radius 1 is 1.30 bits per heavy atom. The smallest absolute Gasteiger partial charge is 0.251 e. The van der Waals surface area contributed by atoms with Crippen LogP contribution in [0.4, 0.5) is 0 Å². The first-order chi connectivity index (χ1) is 13.0. The van der Waals surface area contributed by atoms with E-state index in [-0.39, 0.29) is 11.4 Å². The van der Waals surface area contributed by atoms with Gasteiger partial charge in [-0.1, -0.05) is 30.9 Å². The molecule has 0 radical (unpaired) electrons. The minimum Gasteiger partial charge on any atom is -0.379 e. The summed E-state index contributed by atoms with van der Waals surface area (Å²) in [6, 6.07) is 11.5. The highest BCUT2D eigenvalue weighted by molar-refractivity contribution is 5.95. The number of hydrogen-bond acceptors (Lipinski definition) is 4. The molecular formula is C22H27N3O2. The molecule has 0 spiro atoms. The Morgan fingerprint density at radius 3 is 2.74 bits per heavy atom. The molecule has 0 aliphatic carbocycles. The summed E-state index contributed by atoms with van der Waals surface area (Å²) in [5, 5.41) is 3.08. The molecule has 142 valence electrons. The second kappa shape index (κ2) is 8.46. The Morgan fingerprint density at radius 2 is 2.07 bits per heavy atom. The average Bonchev–Trinajstić information content (AvgIpc) is 2.73. The Balaban J connectivity index is 1.66. The monoisotopic (exact) mass is 365 g/mol. The molecule has 1 aliphatic heterocycles. The summed E-state index contributed by atoms with van der Waals surface area (Å²) < 4.78 is 5.42. The van der Waals surface area contributed by atoms with Crippen LogP contribution in [0.15, 0.2) is 49.2 Å². The Kier molecular flexibility index (Phi) is 6.04. The maximum absolute atomic E-state index is 12.7. The number of rotatable bonds is 6. The number of pyridine rings is 1. The molecule has 2 heterocycles. The van der Waals surface area contributed by atoms with Crippen LogP contribution in [-0.4, -0.2) is 54.2 Å². The van der Waals surface area contributed by atoms with Gasteiger partial charge in [0.1, 0.15) is 0 Å². The van der Waals surface area contributed by atoms with E-state index in [0.717, 1.165) is 43.1 Å². The number of amides is 1. The second-order valence-corrected chi connectivity index (χ2v) is 7.36. The van der Waals surface area contributed by atoms with Gasteiger partial charge in [0.05, 0.1) is 18.9 Å². The largest absolute Gasteiger partial charge is 0.379 e. The van der Waals surface area contributed by atoms with Crippen molar-refractivity contribution < 1.29 is 9.53 Å². The lowest BCUT2D eigenvalue weighted by molar-refractivity contribution is -0.00923. The quantitative estimate of drug-likeness (QED) is 0.854. The van der Waals surface area contributed by atoms with E-state index in [0.29, 0.717) is 12.1 Å².